The molecule has 0 aliphatic rings. The normalized spacial score (nSPS) is 11.2. The molecule has 1 aromatic rings. The molecule has 0 aromatic carbocycles. The molecule has 0 saturated heterocycles. The van der Waals surface area contributed by atoms with Gasteiger partial charge in [-0.15, -0.1) is 0 Å². The Morgan fingerprint density at radius 3 is 2.58 bits per heavy atom. The zero-order valence-corrected chi connectivity index (χ0v) is 12.3. The number of aromatic carboxylic acids is 1. The number of halogens is 1. The fourth-order valence-corrected chi connectivity index (χ4v) is 2.11. The van der Waals surface area contributed by atoms with Crippen LogP contribution in [0.15, 0.2) is 17.3 Å². The highest BCUT2D eigenvalue weighted by Gasteiger charge is 2.17. The number of rotatable bonds is 4. The molecule has 0 saturated carbocycles. The molecule has 0 unspecified atom stereocenters. The van der Waals surface area contributed by atoms with Crippen molar-refractivity contribution in [1.29, 1.82) is 0 Å². The number of esters is 1. The van der Waals surface area contributed by atoms with E-state index >= 15 is 0 Å². The molecule has 0 radical (unpaired) electrons. The van der Waals surface area contributed by atoms with E-state index in [1.54, 1.807) is 20.8 Å². The van der Waals surface area contributed by atoms with Gasteiger partial charge in [-0.1, -0.05) is 23.4 Å². The lowest BCUT2D eigenvalue weighted by Gasteiger charge is -2.19. The third kappa shape index (κ3) is 5.48. The third-order valence-electron chi connectivity index (χ3n) is 1.80. The Kier molecular flexibility index (Phi) is 5.20. The van der Waals surface area contributed by atoms with Gasteiger partial charge in [0.25, 0.3) is 0 Å². The first-order chi connectivity index (χ1) is 8.69. The minimum atomic E-state index is -1.10. The van der Waals surface area contributed by atoms with E-state index in [0.29, 0.717) is 5.03 Å². The molecule has 0 spiro atoms. The van der Waals surface area contributed by atoms with Crippen LogP contribution < -0.4 is 0 Å². The zero-order chi connectivity index (χ0) is 14.6. The van der Waals surface area contributed by atoms with Crippen molar-refractivity contribution in [3.63, 3.8) is 0 Å². The number of carboxylic acid groups (broad SMARTS) is 1. The molecule has 1 aromatic heterocycles. The summed E-state index contributed by atoms with van der Waals surface area (Å²) in [6.45, 7) is 5.34. The number of ether oxygens (including phenoxy) is 1. The van der Waals surface area contributed by atoms with Crippen LogP contribution in [0.4, 0.5) is 0 Å². The predicted molar refractivity (Wildman–Crippen MR) is 72.8 cm³/mol. The molecule has 0 aliphatic carbocycles. The van der Waals surface area contributed by atoms with Gasteiger partial charge in [0, 0.05) is 6.20 Å². The number of thioether (sulfide) groups is 1. The summed E-state index contributed by atoms with van der Waals surface area (Å²) >= 11 is 7.00. The first-order valence-corrected chi connectivity index (χ1v) is 6.79. The molecule has 5 nitrogen and oxygen atoms in total. The van der Waals surface area contributed by atoms with Crippen molar-refractivity contribution in [2.75, 3.05) is 5.75 Å². The molecule has 104 valence electrons. The van der Waals surface area contributed by atoms with Crippen molar-refractivity contribution >= 4 is 35.3 Å². The average molecular weight is 304 g/mol. The molecule has 7 heteroatoms. The number of carbonyl (C=O) groups is 2. The van der Waals surface area contributed by atoms with E-state index in [9.17, 15) is 9.59 Å². The summed E-state index contributed by atoms with van der Waals surface area (Å²) in [7, 11) is 0. The lowest BCUT2D eigenvalue weighted by atomic mass is 10.2. The van der Waals surface area contributed by atoms with E-state index in [0.717, 1.165) is 11.8 Å². The number of hydrogen-bond donors (Lipinski definition) is 1. The van der Waals surface area contributed by atoms with E-state index < -0.39 is 11.6 Å². The van der Waals surface area contributed by atoms with E-state index in [1.165, 1.54) is 12.3 Å². The van der Waals surface area contributed by atoms with Crippen molar-refractivity contribution in [3.05, 3.63) is 22.8 Å². The number of hydrogen-bond acceptors (Lipinski definition) is 5. The molecule has 0 bridgehead atoms. The van der Waals surface area contributed by atoms with Crippen LogP contribution in [0.25, 0.3) is 0 Å². The topological polar surface area (TPSA) is 76.5 Å². The van der Waals surface area contributed by atoms with Crippen molar-refractivity contribution in [3.8, 4) is 0 Å². The predicted octanol–water partition coefficient (Wildman–Crippen LogP) is 2.87. The molecule has 19 heavy (non-hydrogen) atoms. The molecule has 0 amide bonds. The van der Waals surface area contributed by atoms with Gasteiger partial charge in [-0.05, 0) is 26.8 Å². The Hall–Kier alpha value is -1.27. The molecule has 1 heterocycles. The van der Waals surface area contributed by atoms with Crippen LogP contribution in [-0.2, 0) is 9.53 Å². The molecular weight excluding hydrogens is 290 g/mol. The first kappa shape index (κ1) is 15.8. The van der Waals surface area contributed by atoms with Crippen LogP contribution in [0.5, 0.6) is 0 Å². The highest BCUT2D eigenvalue weighted by atomic mass is 35.5. The van der Waals surface area contributed by atoms with Gasteiger partial charge in [0.05, 0.1) is 16.3 Å². The van der Waals surface area contributed by atoms with E-state index in [2.05, 4.69) is 4.98 Å². The summed E-state index contributed by atoms with van der Waals surface area (Å²) < 4.78 is 5.14. The number of pyridine rings is 1. The fourth-order valence-electron chi connectivity index (χ4n) is 1.15. The second kappa shape index (κ2) is 6.25. The van der Waals surface area contributed by atoms with Gasteiger partial charge in [0.15, 0.2) is 0 Å². The summed E-state index contributed by atoms with van der Waals surface area (Å²) in [5.41, 5.74) is -0.534. The van der Waals surface area contributed by atoms with Gasteiger partial charge < -0.3 is 9.84 Å². The Morgan fingerprint density at radius 1 is 1.47 bits per heavy atom. The van der Waals surface area contributed by atoms with E-state index in [1.807, 2.05) is 0 Å². The monoisotopic (exact) mass is 303 g/mol. The highest BCUT2D eigenvalue weighted by molar-refractivity contribution is 8.00. The SMILES string of the molecule is CC(C)(C)OC(=O)CSc1ncc(C(=O)O)cc1Cl. The van der Waals surface area contributed by atoms with Crippen LogP contribution in [0.1, 0.15) is 31.1 Å². The van der Waals surface area contributed by atoms with Crippen molar-refractivity contribution < 1.29 is 19.4 Å². The second-order valence-corrected chi connectivity index (χ2v) is 6.06. The smallest absolute Gasteiger partial charge is 0.337 e. The summed E-state index contributed by atoms with van der Waals surface area (Å²) in [4.78, 5) is 26.1. The van der Waals surface area contributed by atoms with Gasteiger partial charge in [0.2, 0.25) is 0 Å². The van der Waals surface area contributed by atoms with Gasteiger partial charge in [0.1, 0.15) is 10.6 Å². The summed E-state index contributed by atoms with van der Waals surface area (Å²) in [6.07, 6.45) is 1.20. The molecule has 1 N–H and O–H groups in total. The van der Waals surface area contributed by atoms with Crippen molar-refractivity contribution in [1.82, 2.24) is 4.98 Å². The Bertz CT molecular complexity index is 499. The maximum atomic E-state index is 11.5. The molecule has 1 rings (SSSR count). The first-order valence-electron chi connectivity index (χ1n) is 5.42. The van der Waals surface area contributed by atoms with E-state index in [-0.39, 0.29) is 22.3 Å². The maximum absolute atomic E-state index is 11.5. The fraction of sp³-hybridized carbons (Fsp3) is 0.417. The standard InChI is InChI=1S/C12H14ClNO4S/c1-12(2,3)18-9(15)6-19-10-8(13)4-7(5-14-10)11(16)17/h4-5H,6H2,1-3H3,(H,16,17). The lowest BCUT2D eigenvalue weighted by molar-refractivity contribution is -0.151. The Labute approximate surface area is 120 Å². The zero-order valence-electron chi connectivity index (χ0n) is 10.8. The number of carbonyl (C=O) groups excluding carboxylic acids is 1. The Balaban J connectivity index is 2.64. The summed E-state index contributed by atoms with van der Waals surface area (Å²) in [5.74, 6) is -1.41. The highest BCUT2D eigenvalue weighted by Crippen LogP contribution is 2.26. The number of nitrogens with zero attached hydrogens (tertiary/aromatic N) is 1. The average Bonchev–Trinajstić information content (AvgIpc) is 2.24. The number of carboxylic acids is 1. The lowest BCUT2D eigenvalue weighted by Crippen LogP contribution is -2.24. The minimum Gasteiger partial charge on any atom is -0.478 e. The summed E-state index contributed by atoms with van der Waals surface area (Å²) in [6, 6.07) is 1.30. The van der Waals surface area contributed by atoms with E-state index in [4.69, 9.17) is 21.4 Å². The molecule has 0 atom stereocenters. The van der Waals surface area contributed by atoms with Gasteiger partial charge in [-0.25, -0.2) is 9.78 Å². The van der Waals surface area contributed by atoms with Gasteiger partial charge in [-0.3, -0.25) is 4.79 Å². The summed E-state index contributed by atoms with van der Waals surface area (Å²) in [5, 5.41) is 9.37. The largest absolute Gasteiger partial charge is 0.478 e. The Morgan fingerprint density at radius 2 is 2.11 bits per heavy atom. The van der Waals surface area contributed by atoms with Gasteiger partial charge in [-0.2, -0.15) is 0 Å². The molecular formula is C12H14ClNO4S. The number of aromatic nitrogens is 1. The second-order valence-electron chi connectivity index (χ2n) is 4.69. The van der Waals surface area contributed by atoms with Crippen LogP contribution in [0, 0.1) is 0 Å². The van der Waals surface area contributed by atoms with Crippen LogP contribution >= 0.6 is 23.4 Å². The van der Waals surface area contributed by atoms with Crippen LogP contribution in [0.2, 0.25) is 5.02 Å². The third-order valence-corrected chi connectivity index (χ3v) is 3.18. The molecule has 0 aliphatic heterocycles. The van der Waals surface area contributed by atoms with Crippen molar-refractivity contribution in [2.24, 2.45) is 0 Å². The van der Waals surface area contributed by atoms with Crippen molar-refractivity contribution in [2.45, 2.75) is 31.4 Å². The van der Waals surface area contributed by atoms with Gasteiger partial charge >= 0.3 is 11.9 Å². The minimum absolute atomic E-state index is 0.00613. The van der Waals surface area contributed by atoms with Crippen LogP contribution in [-0.4, -0.2) is 33.4 Å². The van der Waals surface area contributed by atoms with Crippen LogP contribution in [0.3, 0.4) is 0 Å². The maximum Gasteiger partial charge on any atom is 0.337 e. The molecule has 0 fully saturated rings. The quantitative estimate of drug-likeness (QED) is 0.681.